The number of halogens is 3. The second-order valence-electron chi connectivity index (χ2n) is 7.21. The zero-order valence-electron chi connectivity index (χ0n) is 17.9. The quantitative estimate of drug-likeness (QED) is 0.480. The lowest BCUT2D eigenvalue weighted by Crippen LogP contribution is -2.33. The van der Waals surface area contributed by atoms with Gasteiger partial charge in [0.15, 0.2) is 11.6 Å². The predicted octanol–water partition coefficient (Wildman–Crippen LogP) is 5.44. The Morgan fingerprint density at radius 2 is 1.88 bits per heavy atom. The summed E-state index contributed by atoms with van der Waals surface area (Å²) in [6.45, 7) is -2.49. The molecular weight excluding hydrogens is 469 g/mol. The second kappa shape index (κ2) is 10.2. The lowest BCUT2D eigenvalue weighted by atomic mass is 10.1. The molecule has 0 unspecified atom stereocenters. The van der Waals surface area contributed by atoms with E-state index in [1.165, 1.54) is 17.8 Å². The van der Waals surface area contributed by atoms with Crippen LogP contribution in [-0.2, 0) is 4.74 Å². The van der Waals surface area contributed by atoms with Gasteiger partial charge in [-0.2, -0.15) is 8.78 Å². The number of hydrogen-bond acceptors (Lipinski definition) is 5. The normalized spacial score (nSPS) is 12.7. The molecule has 0 spiro atoms. The number of hydrogen-bond donors (Lipinski definition) is 1. The van der Waals surface area contributed by atoms with E-state index in [2.05, 4.69) is 10.1 Å². The fraction of sp³-hybridized carbons (Fsp3) is 0.167. The van der Waals surface area contributed by atoms with Crippen molar-refractivity contribution in [1.29, 1.82) is 0 Å². The number of nitrogens with one attached hydrogen (secondary N) is 1. The molecule has 6 nitrogen and oxygen atoms in total. The molecular formula is C24H19F3N2O4S. The molecule has 3 aromatic rings. The third-order valence-corrected chi connectivity index (χ3v) is 6.14. The lowest BCUT2D eigenvalue weighted by Gasteiger charge is -2.23. The summed E-state index contributed by atoms with van der Waals surface area (Å²) in [5, 5.41) is 2.67. The molecule has 34 heavy (non-hydrogen) atoms. The van der Waals surface area contributed by atoms with Gasteiger partial charge >= 0.3 is 6.61 Å². The van der Waals surface area contributed by atoms with Crippen molar-refractivity contribution < 1.29 is 32.2 Å². The van der Waals surface area contributed by atoms with Crippen LogP contribution in [0.5, 0.6) is 5.75 Å². The Bertz CT molecular complexity index is 1240. The van der Waals surface area contributed by atoms with Gasteiger partial charge < -0.3 is 19.7 Å². The Morgan fingerprint density at radius 3 is 2.62 bits per heavy atom. The molecule has 176 valence electrons. The van der Waals surface area contributed by atoms with Crippen molar-refractivity contribution in [3.8, 4) is 5.75 Å². The van der Waals surface area contributed by atoms with E-state index in [0.29, 0.717) is 30.1 Å². The standard InChI is InChI=1S/C24H19F3N2O4S/c1-32-11-10-29-18-8-7-15(13-21(18)34-20-5-3-2-4-16(20)23(29)31)28-22(30)14-6-9-19(17(25)12-14)33-24(26)27/h2-9,12-13,24H,10-11H2,1H3,(H,28,30). The maximum atomic E-state index is 14.0. The number of alkyl halides is 2. The first-order valence-corrected chi connectivity index (χ1v) is 11.0. The van der Waals surface area contributed by atoms with Crippen LogP contribution in [0.25, 0.3) is 0 Å². The first kappa shape index (κ1) is 23.7. The number of amides is 2. The Balaban J connectivity index is 1.62. The average Bonchev–Trinajstić information content (AvgIpc) is 2.92. The second-order valence-corrected chi connectivity index (χ2v) is 8.29. The minimum Gasteiger partial charge on any atom is -0.432 e. The smallest absolute Gasteiger partial charge is 0.387 e. The topological polar surface area (TPSA) is 67.9 Å². The van der Waals surface area contributed by atoms with Gasteiger partial charge in [-0.3, -0.25) is 9.59 Å². The number of carbonyl (C=O) groups excluding carboxylic acids is 2. The SMILES string of the molecule is COCCN1C(=O)c2ccccc2Sc2cc(NC(=O)c3ccc(OC(F)F)c(F)c3)ccc21. The monoisotopic (exact) mass is 488 g/mol. The van der Waals surface area contributed by atoms with Gasteiger partial charge in [0, 0.05) is 34.7 Å². The third-order valence-electron chi connectivity index (χ3n) is 5.02. The number of carbonyl (C=O) groups is 2. The molecule has 0 aromatic heterocycles. The molecule has 10 heteroatoms. The zero-order chi connectivity index (χ0) is 24.2. The molecule has 0 radical (unpaired) electrons. The molecule has 0 bridgehead atoms. The van der Waals surface area contributed by atoms with E-state index in [9.17, 15) is 22.8 Å². The fourth-order valence-corrected chi connectivity index (χ4v) is 4.56. The van der Waals surface area contributed by atoms with Crippen LogP contribution in [0.4, 0.5) is 24.5 Å². The van der Waals surface area contributed by atoms with Gasteiger partial charge in [0.1, 0.15) is 0 Å². The molecule has 0 fully saturated rings. The molecule has 3 aromatic carbocycles. The molecule has 2 amide bonds. The number of anilines is 2. The molecule has 0 aliphatic carbocycles. The highest BCUT2D eigenvalue weighted by Crippen LogP contribution is 2.42. The molecule has 0 atom stereocenters. The van der Waals surface area contributed by atoms with Crippen molar-refractivity contribution in [2.24, 2.45) is 0 Å². The average molecular weight is 488 g/mol. The van der Waals surface area contributed by atoms with Crippen LogP contribution in [0.1, 0.15) is 20.7 Å². The molecule has 0 saturated heterocycles. The van der Waals surface area contributed by atoms with E-state index < -0.39 is 24.1 Å². The number of rotatable bonds is 7. The summed E-state index contributed by atoms with van der Waals surface area (Å²) in [7, 11) is 1.56. The number of fused-ring (bicyclic) bond motifs is 2. The van der Waals surface area contributed by atoms with Gasteiger partial charge in [-0.1, -0.05) is 23.9 Å². The van der Waals surface area contributed by atoms with Gasteiger partial charge in [-0.25, -0.2) is 4.39 Å². The van der Waals surface area contributed by atoms with Crippen LogP contribution in [0.3, 0.4) is 0 Å². The Morgan fingerprint density at radius 1 is 1.09 bits per heavy atom. The summed E-state index contributed by atoms with van der Waals surface area (Å²) in [5.41, 5.74) is 1.58. The maximum absolute atomic E-state index is 14.0. The summed E-state index contributed by atoms with van der Waals surface area (Å²) >= 11 is 1.39. The van der Waals surface area contributed by atoms with Crippen LogP contribution >= 0.6 is 11.8 Å². The number of benzene rings is 3. The summed E-state index contributed by atoms with van der Waals surface area (Å²) in [6.07, 6.45) is 0. The number of ether oxygens (including phenoxy) is 2. The van der Waals surface area contributed by atoms with E-state index in [0.717, 1.165) is 21.9 Å². The van der Waals surface area contributed by atoms with Crippen molar-refractivity contribution in [1.82, 2.24) is 0 Å². The van der Waals surface area contributed by atoms with Gasteiger partial charge in [-0.05, 0) is 48.5 Å². The molecule has 4 rings (SSSR count). The highest BCUT2D eigenvalue weighted by Gasteiger charge is 2.27. The van der Waals surface area contributed by atoms with E-state index in [1.54, 1.807) is 42.3 Å². The van der Waals surface area contributed by atoms with Crippen LogP contribution < -0.4 is 15.0 Å². The van der Waals surface area contributed by atoms with Crippen molar-refractivity contribution in [2.45, 2.75) is 16.4 Å². The molecule has 1 aliphatic rings. The van der Waals surface area contributed by atoms with Crippen molar-refractivity contribution in [3.63, 3.8) is 0 Å². The summed E-state index contributed by atoms with van der Waals surface area (Å²) < 4.78 is 47.9. The lowest BCUT2D eigenvalue weighted by molar-refractivity contribution is -0.0521. The van der Waals surface area contributed by atoms with Crippen LogP contribution in [0.15, 0.2) is 70.5 Å². The van der Waals surface area contributed by atoms with Gasteiger partial charge in [0.2, 0.25) is 0 Å². The van der Waals surface area contributed by atoms with Gasteiger partial charge in [0.25, 0.3) is 11.8 Å². The highest BCUT2D eigenvalue weighted by atomic mass is 32.2. The van der Waals surface area contributed by atoms with Crippen molar-refractivity contribution >= 4 is 35.0 Å². The van der Waals surface area contributed by atoms with Gasteiger partial charge in [0.05, 0.1) is 17.9 Å². The predicted molar refractivity (Wildman–Crippen MR) is 122 cm³/mol. The first-order chi connectivity index (χ1) is 16.4. The van der Waals surface area contributed by atoms with Crippen LogP contribution in [-0.4, -0.2) is 38.7 Å². The molecule has 0 saturated carbocycles. The Hall–Kier alpha value is -3.50. The molecule has 1 aliphatic heterocycles. The fourth-order valence-electron chi connectivity index (χ4n) is 3.44. The Labute approximate surface area is 197 Å². The first-order valence-electron chi connectivity index (χ1n) is 10.1. The summed E-state index contributed by atoms with van der Waals surface area (Å²) in [5.74, 6) is -2.51. The third kappa shape index (κ3) is 5.02. The van der Waals surface area contributed by atoms with E-state index in [4.69, 9.17) is 4.74 Å². The summed E-state index contributed by atoms with van der Waals surface area (Å²) in [4.78, 5) is 28.9. The highest BCUT2D eigenvalue weighted by molar-refractivity contribution is 7.99. The van der Waals surface area contributed by atoms with Crippen LogP contribution in [0.2, 0.25) is 0 Å². The van der Waals surface area contributed by atoms with Crippen molar-refractivity contribution in [3.05, 3.63) is 77.6 Å². The van der Waals surface area contributed by atoms with Gasteiger partial charge in [-0.15, -0.1) is 0 Å². The van der Waals surface area contributed by atoms with Crippen LogP contribution in [0, 0.1) is 5.82 Å². The maximum Gasteiger partial charge on any atom is 0.387 e. The number of nitrogens with zero attached hydrogens (tertiary/aromatic N) is 1. The zero-order valence-corrected chi connectivity index (χ0v) is 18.7. The molecule has 1 heterocycles. The largest absolute Gasteiger partial charge is 0.432 e. The summed E-state index contributed by atoms with van der Waals surface area (Å²) in [6, 6.07) is 15.3. The minimum absolute atomic E-state index is 0.0658. The van der Waals surface area contributed by atoms with Crippen molar-refractivity contribution in [2.75, 3.05) is 30.5 Å². The minimum atomic E-state index is -3.17. The van der Waals surface area contributed by atoms with E-state index in [1.807, 2.05) is 12.1 Å². The molecule has 1 N–H and O–H groups in total. The van der Waals surface area contributed by atoms with E-state index in [-0.39, 0.29) is 11.5 Å². The number of methoxy groups -OCH3 is 1. The Kier molecular flexibility index (Phi) is 7.09. The van der Waals surface area contributed by atoms with E-state index >= 15 is 0 Å².